The van der Waals surface area contributed by atoms with Crippen molar-refractivity contribution in [2.75, 3.05) is 0 Å². The Morgan fingerprint density at radius 1 is 1.00 bits per heavy atom. The summed E-state index contributed by atoms with van der Waals surface area (Å²) in [7, 11) is 0. The van der Waals surface area contributed by atoms with Gasteiger partial charge in [-0.1, -0.05) is 53.7 Å². The predicted molar refractivity (Wildman–Crippen MR) is 106 cm³/mol. The number of aromatic nitrogens is 3. The number of thiophene rings is 1. The van der Waals surface area contributed by atoms with Crippen LogP contribution in [0, 0.1) is 5.82 Å². The Balaban J connectivity index is 1.73. The van der Waals surface area contributed by atoms with Crippen LogP contribution in [0.15, 0.2) is 71.2 Å². The van der Waals surface area contributed by atoms with Crippen LogP contribution >= 0.6 is 34.7 Å². The van der Waals surface area contributed by atoms with Crippen molar-refractivity contribution < 1.29 is 4.39 Å². The zero-order valence-electron chi connectivity index (χ0n) is 13.5. The van der Waals surface area contributed by atoms with Gasteiger partial charge in [0.15, 0.2) is 11.0 Å². The maximum atomic E-state index is 14.1. The first-order valence-corrected chi connectivity index (χ1v) is 10.1. The van der Waals surface area contributed by atoms with E-state index >= 15 is 0 Å². The van der Waals surface area contributed by atoms with Gasteiger partial charge in [0.2, 0.25) is 0 Å². The third-order valence-electron chi connectivity index (χ3n) is 3.80. The van der Waals surface area contributed by atoms with Gasteiger partial charge in [0.25, 0.3) is 0 Å². The summed E-state index contributed by atoms with van der Waals surface area (Å²) in [6.45, 7) is 0. The van der Waals surface area contributed by atoms with E-state index in [1.54, 1.807) is 23.5 Å². The minimum Gasteiger partial charge on any atom is -0.269 e. The smallest absolute Gasteiger partial charge is 0.196 e. The highest BCUT2D eigenvalue weighted by molar-refractivity contribution is 7.98. The van der Waals surface area contributed by atoms with Crippen LogP contribution in [0.5, 0.6) is 0 Å². The molecule has 4 rings (SSSR count). The van der Waals surface area contributed by atoms with Gasteiger partial charge in [0.05, 0.1) is 4.88 Å². The Hall–Kier alpha value is -2.15. The Bertz CT molecular complexity index is 996. The lowest BCUT2D eigenvalue weighted by atomic mass is 10.2. The number of benzene rings is 2. The van der Waals surface area contributed by atoms with E-state index < -0.39 is 0 Å². The van der Waals surface area contributed by atoms with Crippen LogP contribution in [0.2, 0.25) is 5.02 Å². The van der Waals surface area contributed by atoms with Crippen molar-refractivity contribution in [1.29, 1.82) is 0 Å². The number of para-hydroxylation sites is 1. The molecule has 0 aliphatic rings. The fourth-order valence-electron chi connectivity index (χ4n) is 2.55. The Morgan fingerprint density at radius 2 is 1.85 bits per heavy atom. The van der Waals surface area contributed by atoms with Crippen LogP contribution in [-0.4, -0.2) is 14.8 Å². The lowest BCUT2D eigenvalue weighted by Gasteiger charge is -2.10. The van der Waals surface area contributed by atoms with Crippen molar-refractivity contribution in [3.05, 3.63) is 82.4 Å². The largest absolute Gasteiger partial charge is 0.269 e. The van der Waals surface area contributed by atoms with E-state index in [0.717, 1.165) is 16.4 Å². The summed E-state index contributed by atoms with van der Waals surface area (Å²) in [5.41, 5.74) is 1.43. The zero-order chi connectivity index (χ0) is 17.9. The van der Waals surface area contributed by atoms with Crippen LogP contribution in [-0.2, 0) is 5.75 Å². The second-order valence-corrected chi connectivity index (χ2v) is 7.74. The zero-order valence-corrected chi connectivity index (χ0v) is 15.9. The maximum Gasteiger partial charge on any atom is 0.196 e. The standard InChI is InChI=1S/C19H13ClFN3S2/c20-15-8-4-9-16(21)14(15)12-26-19-23-22-18(17-10-5-11-25-17)24(19)13-6-2-1-3-7-13/h1-11H,12H2. The Kier molecular flexibility index (Phi) is 5.06. The summed E-state index contributed by atoms with van der Waals surface area (Å²) in [4.78, 5) is 1.03. The molecular formula is C19H13ClFN3S2. The topological polar surface area (TPSA) is 30.7 Å². The maximum absolute atomic E-state index is 14.1. The van der Waals surface area contributed by atoms with Crippen LogP contribution in [0.4, 0.5) is 4.39 Å². The van der Waals surface area contributed by atoms with Crippen molar-refractivity contribution in [3.63, 3.8) is 0 Å². The van der Waals surface area contributed by atoms with Crippen LogP contribution in [0.1, 0.15) is 5.56 Å². The normalized spacial score (nSPS) is 11.0. The number of thioether (sulfide) groups is 1. The summed E-state index contributed by atoms with van der Waals surface area (Å²) < 4.78 is 16.1. The summed E-state index contributed by atoms with van der Waals surface area (Å²) in [5.74, 6) is 0.837. The number of halogens is 2. The van der Waals surface area contributed by atoms with Crippen LogP contribution < -0.4 is 0 Å². The first kappa shape index (κ1) is 17.3. The number of hydrogen-bond donors (Lipinski definition) is 0. The molecule has 0 spiro atoms. The highest BCUT2D eigenvalue weighted by Crippen LogP contribution is 2.33. The van der Waals surface area contributed by atoms with Crippen molar-refractivity contribution in [3.8, 4) is 16.4 Å². The molecule has 2 heterocycles. The van der Waals surface area contributed by atoms with E-state index in [1.807, 2.05) is 52.4 Å². The van der Waals surface area contributed by atoms with Gasteiger partial charge in [-0.25, -0.2) is 4.39 Å². The van der Waals surface area contributed by atoms with Crippen molar-refractivity contribution in [1.82, 2.24) is 14.8 Å². The number of rotatable bonds is 5. The van der Waals surface area contributed by atoms with E-state index in [1.165, 1.54) is 17.8 Å². The minimum atomic E-state index is -0.311. The molecule has 7 heteroatoms. The molecule has 0 aliphatic heterocycles. The quantitative estimate of drug-likeness (QED) is 0.379. The Morgan fingerprint density at radius 3 is 2.58 bits per heavy atom. The molecule has 26 heavy (non-hydrogen) atoms. The summed E-state index contributed by atoms with van der Waals surface area (Å²) in [6, 6.07) is 18.6. The molecule has 0 radical (unpaired) electrons. The highest BCUT2D eigenvalue weighted by atomic mass is 35.5. The fourth-order valence-corrected chi connectivity index (χ4v) is 4.54. The molecule has 0 N–H and O–H groups in total. The molecule has 0 aliphatic carbocycles. The summed E-state index contributed by atoms with van der Waals surface area (Å²) in [5, 5.41) is 11.8. The number of hydrogen-bond acceptors (Lipinski definition) is 4. The van der Waals surface area contributed by atoms with Crippen molar-refractivity contribution in [2.24, 2.45) is 0 Å². The molecule has 3 nitrogen and oxygen atoms in total. The lowest BCUT2D eigenvalue weighted by molar-refractivity contribution is 0.617. The first-order chi connectivity index (χ1) is 12.7. The molecule has 2 aromatic carbocycles. The van der Waals surface area contributed by atoms with Crippen molar-refractivity contribution >= 4 is 34.7 Å². The van der Waals surface area contributed by atoms with Crippen molar-refractivity contribution in [2.45, 2.75) is 10.9 Å². The summed E-state index contributed by atoms with van der Waals surface area (Å²) >= 11 is 9.16. The van der Waals surface area contributed by atoms with E-state index in [4.69, 9.17) is 11.6 Å². The Labute approximate surface area is 163 Å². The van der Waals surface area contributed by atoms with Crippen LogP contribution in [0.3, 0.4) is 0 Å². The average molecular weight is 402 g/mol. The molecule has 0 bridgehead atoms. The van der Waals surface area contributed by atoms with Crippen LogP contribution in [0.25, 0.3) is 16.4 Å². The number of nitrogens with zero attached hydrogens (tertiary/aromatic N) is 3. The molecule has 0 saturated carbocycles. The molecule has 2 aromatic heterocycles. The third kappa shape index (κ3) is 3.40. The molecule has 0 atom stereocenters. The van der Waals surface area contributed by atoms with E-state index in [-0.39, 0.29) is 5.82 Å². The fraction of sp³-hybridized carbons (Fsp3) is 0.0526. The van der Waals surface area contributed by atoms with E-state index in [2.05, 4.69) is 10.2 Å². The lowest BCUT2D eigenvalue weighted by Crippen LogP contribution is -1.99. The third-order valence-corrected chi connectivity index (χ3v) is 5.97. The molecule has 0 unspecified atom stereocenters. The molecule has 4 aromatic rings. The van der Waals surface area contributed by atoms with Gasteiger partial charge < -0.3 is 0 Å². The SMILES string of the molecule is Fc1cccc(Cl)c1CSc1nnc(-c2cccs2)n1-c1ccccc1. The predicted octanol–water partition coefficient (Wildman–Crippen LogP) is 6.08. The minimum absolute atomic E-state index is 0.311. The summed E-state index contributed by atoms with van der Waals surface area (Å²) in [6.07, 6.45) is 0. The first-order valence-electron chi connectivity index (χ1n) is 7.84. The van der Waals surface area contributed by atoms with Gasteiger partial charge in [-0.2, -0.15) is 0 Å². The monoisotopic (exact) mass is 401 g/mol. The van der Waals surface area contributed by atoms with Gasteiger partial charge >= 0.3 is 0 Å². The molecule has 0 fully saturated rings. The second-order valence-electron chi connectivity index (χ2n) is 5.44. The van der Waals surface area contributed by atoms with Gasteiger partial charge in [-0.05, 0) is 35.7 Å². The molecule has 130 valence electrons. The van der Waals surface area contributed by atoms with E-state index in [0.29, 0.717) is 21.5 Å². The van der Waals surface area contributed by atoms with Gasteiger partial charge in [-0.15, -0.1) is 21.5 Å². The molecular weight excluding hydrogens is 389 g/mol. The second kappa shape index (κ2) is 7.61. The highest BCUT2D eigenvalue weighted by Gasteiger charge is 2.18. The molecule has 0 amide bonds. The van der Waals surface area contributed by atoms with Gasteiger partial charge in [-0.3, -0.25) is 4.57 Å². The van der Waals surface area contributed by atoms with E-state index in [9.17, 15) is 4.39 Å². The van der Waals surface area contributed by atoms with Gasteiger partial charge in [0.1, 0.15) is 5.82 Å². The molecule has 0 saturated heterocycles. The average Bonchev–Trinajstić information content (AvgIpc) is 3.31. The van der Waals surface area contributed by atoms with Gasteiger partial charge in [0, 0.05) is 22.0 Å².